The molecule has 2 aromatic rings. The molecule has 1 heterocycles. The molecule has 1 aromatic heterocycles. The summed E-state index contributed by atoms with van der Waals surface area (Å²) < 4.78 is 0. The number of hydrogen-bond acceptors (Lipinski definition) is 2. The lowest BCUT2D eigenvalue weighted by Gasteiger charge is -2.12. The maximum absolute atomic E-state index is 4.31. The maximum Gasteiger partial charge on any atom is 0.0923 e. The standard InChI is InChI=1S/C12H15N3/c1-13-12(6-7-12)8-11-9-4-2-3-5-10(9)14-15-11/h2-5,13H,6-8H2,1H3,(H,14,15). The first-order chi connectivity index (χ1) is 7.33. The van der Waals surface area contributed by atoms with Crippen LogP contribution in [0.15, 0.2) is 24.3 Å². The van der Waals surface area contributed by atoms with Crippen LogP contribution in [0.4, 0.5) is 0 Å². The van der Waals surface area contributed by atoms with E-state index in [-0.39, 0.29) is 0 Å². The molecule has 0 unspecified atom stereocenters. The van der Waals surface area contributed by atoms with Crippen LogP contribution in [-0.2, 0) is 6.42 Å². The van der Waals surface area contributed by atoms with Gasteiger partial charge < -0.3 is 5.32 Å². The molecule has 2 N–H and O–H groups in total. The Morgan fingerprint density at radius 2 is 2.20 bits per heavy atom. The number of para-hydroxylation sites is 1. The van der Waals surface area contributed by atoms with Gasteiger partial charge in [0.2, 0.25) is 0 Å². The Hall–Kier alpha value is -1.35. The number of hydrogen-bond donors (Lipinski definition) is 2. The van der Waals surface area contributed by atoms with E-state index in [2.05, 4.69) is 27.6 Å². The quantitative estimate of drug-likeness (QED) is 0.795. The Bertz CT molecular complexity index is 482. The first-order valence-electron chi connectivity index (χ1n) is 5.44. The third kappa shape index (κ3) is 1.43. The molecule has 1 fully saturated rings. The van der Waals surface area contributed by atoms with Gasteiger partial charge in [0.15, 0.2) is 0 Å². The molecule has 0 aliphatic heterocycles. The summed E-state index contributed by atoms with van der Waals surface area (Å²) >= 11 is 0. The summed E-state index contributed by atoms with van der Waals surface area (Å²) in [6, 6.07) is 8.28. The zero-order valence-corrected chi connectivity index (χ0v) is 8.88. The number of likely N-dealkylation sites (N-methyl/N-ethyl adjacent to an activating group) is 1. The minimum Gasteiger partial charge on any atom is -0.314 e. The molecule has 0 atom stereocenters. The largest absolute Gasteiger partial charge is 0.314 e. The predicted octanol–water partition coefficient (Wildman–Crippen LogP) is 1.86. The molecule has 15 heavy (non-hydrogen) atoms. The SMILES string of the molecule is CNC1(Cc2[nH]nc3ccccc23)CC1. The fourth-order valence-corrected chi connectivity index (χ4v) is 2.15. The van der Waals surface area contributed by atoms with E-state index in [1.807, 2.05) is 19.2 Å². The van der Waals surface area contributed by atoms with Crippen LogP contribution >= 0.6 is 0 Å². The van der Waals surface area contributed by atoms with E-state index in [4.69, 9.17) is 0 Å². The molecule has 3 heteroatoms. The number of rotatable bonds is 3. The molecule has 3 nitrogen and oxygen atoms in total. The van der Waals surface area contributed by atoms with Crippen molar-refractivity contribution in [1.29, 1.82) is 0 Å². The van der Waals surface area contributed by atoms with Gasteiger partial charge in [-0.2, -0.15) is 5.10 Å². The fraction of sp³-hybridized carbons (Fsp3) is 0.417. The molecule has 1 aliphatic rings. The van der Waals surface area contributed by atoms with Crippen LogP contribution in [0.25, 0.3) is 10.9 Å². The van der Waals surface area contributed by atoms with Gasteiger partial charge in [-0.1, -0.05) is 18.2 Å². The predicted molar refractivity (Wildman–Crippen MR) is 60.8 cm³/mol. The molecule has 1 aromatic carbocycles. The lowest BCUT2D eigenvalue weighted by Crippen LogP contribution is -2.29. The fourth-order valence-electron chi connectivity index (χ4n) is 2.15. The van der Waals surface area contributed by atoms with Gasteiger partial charge in [-0.25, -0.2) is 0 Å². The minimum atomic E-state index is 0.343. The Balaban J connectivity index is 1.98. The van der Waals surface area contributed by atoms with Gasteiger partial charge in [0.05, 0.1) is 5.52 Å². The summed E-state index contributed by atoms with van der Waals surface area (Å²) in [7, 11) is 2.05. The second-order valence-corrected chi connectivity index (χ2v) is 4.43. The van der Waals surface area contributed by atoms with Crippen molar-refractivity contribution in [2.24, 2.45) is 0 Å². The third-order valence-corrected chi connectivity index (χ3v) is 3.44. The van der Waals surface area contributed by atoms with Crippen LogP contribution < -0.4 is 5.32 Å². The van der Waals surface area contributed by atoms with Crippen LogP contribution in [0, 0.1) is 0 Å². The Labute approximate surface area is 88.9 Å². The van der Waals surface area contributed by atoms with Crippen molar-refractivity contribution in [3.63, 3.8) is 0 Å². The van der Waals surface area contributed by atoms with E-state index in [0.29, 0.717) is 5.54 Å². The number of benzene rings is 1. The van der Waals surface area contributed by atoms with E-state index in [1.54, 1.807) is 0 Å². The van der Waals surface area contributed by atoms with Crippen LogP contribution in [-0.4, -0.2) is 22.8 Å². The highest BCUT2D eigenvalue weighted by atomic mass is 15.1. The monoisotopic (exact) mass is 201 g/mol. The average molecular weight is 201 g/mol. The van der Waals surface area contributed by atoms with E-state index in [1.165, 1.54) is 23.9 Å². The summed E-state index contributed by atoms with van der Waals surface area (Å²) in [6.07, 6.45) is 3.61. The molecule has 0 bridgehead atoms. The van der Waals surface area contributed by atoms with E-state index >= 15 is 0 Å². The Morgan fingerprint density at radius 1 is 1.40 bits per heavy atom. The van der Waals surface area contributed by atoms with Crippen molar-refractivity contribution in [3.8, 4) is 0 Å². The highest BCUT2D eigenvalue weighted by Crippen LogP contribution is 2.38. The normalized spacial score (nSPS) is 18.2. The second-order valence-electron chi connectivity index (χ2n) is 4.43. The number of nitrogens with zero attached hydrogens (tertiary/aromatic N) is 1. The minimum absolute atomic E-state index is 0.343. The molecule has 1 saturated carbocycles. The highest BCUT2D eigenvalue weighted by molar-refractivity contribution is 5.81. The first kappa shape index (κ1) is 8.92. The van der Waals surface area contributed by atoms with Gasteiger partial charge in [0.1, 0.15) is 0 Å². The van der Waals surface area contributed by atoms with Gasteiger partial charge in [0.25, 0.3) is 0 Å². The van der Waals surface area contributed by atoms with Crippen molar-refractivity contribution < 1.29 is 0 Å². The number of aromatic nitrogens is 2. The summed E-state index contributed by atoms with van der Waals surface area (Å²) in [5.41, 5.74) is 2.67. The lowest BCUT2D eigenvalue weighted by atomic mass is 10.1. The summed E-state index contributed by atoms with van der Waals surface area (Å²) in [4.78, 5) is 0. The van der Waals surface area contributed by atoms with E-state index < -0.39 is 0 Å². The van der Waals surface area contributed by atoms with Crippen LogP contribution in [0.1, 0.15) is 18.5 Å². The first-order valence-corrected chi connectivity index (χ1v) is 5.44. The second kappa shape index (κ2) is 3.07. The molecular formula is C12H15N3. The highest BCUT2D eigenvalue weighted by Gasteiger charge is 2.41. The molecule has 0 amide bonds. The van der Waals surface area contributed by atoms with Gasteiger partial charge in [-0.3, -0.25) is 5.10 Å². The molecule has 0 spiro atoms. The van der Waals surface area contributed by atoms with Gasteiger partial charge in [-0.15, -0.1) is 0 Å². The smallest absolute Gasteiger partial charge is 0.0923 e. The van der Waals surface area contributed by atoms with Crippen molar-refractivity contribution in [2.75, 3.05) is 7.05 Å². The van der Waals surface area contributed by atoms with Crippen molar-refractivity contribution >= 4 is 10.9 Å². The zero-order chi connectivity index (χ0) is 10.3. The summed E-state index contributed by atoms with van der Waals surface area (Å²) in [6.45, 7) is 0. The molecule has 78 valence electrons. The van der Waals surface area contributed by atoms with Gasteiger partial charge in [-0.05, 0) is 26.0 Å². The zero-order valence-electron chi connectivity index (χ0n) is 8.88. The van der Waals surface area contributed by atoms with Gasteiger partial charge >= 0.3 is 0 Å². The van der Waals surface area contributed by atoms with E-state index in [0.717, 1.165) is 11.9 Å². The van der Waals surface area contributed by atoms with Gasteiger partial charge in [0, 0.05) is 23.0 Å². The topological polar surface area (TPSA) is 40.7 Å². The molecular weight excluding hydrogens is 186 g/mol. The molecule has 0 radical (unpaired) electrons. The molecule has 0 saturated heterocycles. The van der Waals surface area contributed by atoms with Crippen LogP contribution in [0.2, 0.25) is 0 Å². The lowest BCUT2D eigenvalue weighted by molar-refractivity contribution is 0.543. The number of aromatic amines is 1. The molecule has 1 aliphatic carbocycles. The number of fused-ring (bicyclic) bond motifs is 1. The summed E-state index contributed by atoms with van der Waals surface area (Å²) in [5, 5.41) is 12.1. The van der Waals surface area contributed by atoms with Crippen LogP contribution in [0.5, 0.6) is 0 Å². The Kier molecular flexibility index (Phi) is 1.83. The molecule has 3 rings (SSSR count). The average Bonchev–Trinajstić information content (AvgIpc) is 2.95. The van der Waals surface area contributed by atoms with Crippen molar-refractivity contribution in [1.82, 2.24) is 15.5 Å². The summed E-state index contributed by atoms with van der Waals surface area (Å²) in [5.74, 6) is 0. The van der Waals surface area contributed by atoms with Crippen LogP contribution in [0.3, 0.4) is 0 Å². The van der Waals surface area contributed by atoms with Crippen molar-refractivity contribution in [3.05, 3.63) is 30.0 Å². The Morgan fingerprint density at radius 3 is 2.93 bits per heavy atom. The maximum atomic E-state index is 4.31. The third-order valence-electron chi connectivity index (χ3n) is 3.44. The number of H-pyrrole nitrogens is 1. The number of nitrogens with one attached hydrogen (secondary N) is 2. The van der Waals surface area contributed by atoms with Crippen molar-refractivity contribution in [2.45, 2.75) is 24.8 Å². The van der Waals surface area contributed by atoms with E-state index in [9.17, 15) is 0 Å².